The van der Waals surface area contributed by atoms with Gasteiger partial charge in [0.2, 0.25) is 5.91 Å². The van der Waals surface area contributed by atoms with Crippen LogP contribution in [0.2, 0.25) is 0 Å². The van der Waals surface area contributed by atoms with Gasteiger partial charge in [-0.1, -0.05) is 22.9 Å². The highest BCUT2D eigenvalue weighted by atomic mass is 79.9. The van der Waals surface area contributed by atoms with Gasteiger partial charge in [-0.15, -0.1) is 0 Å². The molecule has 0 aromatic heterocycles. The molecule has 0 bridgehead atoms. The third-order valence-electron chi connectivity index (χ3n) is 3.41. The van der Waals surface area contributed by atoms with Crippen LogP contribution in [0.1, 0.15) is 30.1 Å². The van der Waals surface area contributed by atoms with E-state index in [2.05, 4.69) is 32.1 Å². The summed E-state index contributed by atoms with van der Waals surface area (Å²) in [5, 5.41) is 2.74. The van der Waals surface area contributed by atoms with Crippen LogP contribution in [-0.4, -0.2) is 24.3 Å². The fraction of sp³-hybridized carbons (Fsp3) is 0.211. The van der Waals surface area contributed by atoms with Crippen molar-refractivity contribution >= 4 is 39.3 Å². The first-order valence-electron chi connectivity index (χ1n) is 8.35. The second kappa shape index (κ2) is 10.3. The minimum Gasteiger partial charge on any atom is -0.484 e. The minimum atomic E-state index is -0.491. The first kappa shape index (κ1) is 20.4. The Labute approximate surface area is 165 Å². The Kier molecular flexibility index (Phi) is 7.81. The van der Waals surface area contributed by atoms with Gasteiger partial charge in [-0.3, -0.25) is 25.2 Å². The van der Waals surface area contributed by atoms with Crippen molar-refractivity contribution in [3.05, 3.63) is 58.6 Å². The molecule has 3 N–H and O–H groups in total. The zero-order valence-electron chi connectivity index (χ0n) is 14.8. The molecule has 0 saturated carbocycles. The quantitative estimate of drug-likeness (QED) is 0.584. The third kappa shape index (κ3) is 7.10. The van der Waals surface area contributed by atoms with Crippen molar-refractivity contribution in [2.24, 2.45) is 0 Å². The van der Waals surface area contributed by atoms with Gasteiger partial charge in [0.1, 0.15) is 5.75 Å². The molecule has 0 aliphatic rings. The molecule has 0 radical (unpaired) electrons. The van der Waals surface area contributed by atoms with Gasteiger partial charge < -0.3 is 10.1 Å². The Morgan fingerprint density at radius 1 is 0.926 bits per heavy atom. The van der Waals surface area contributed by atoms with Crippen molar-refractivity contribution in [1.82, 2.24) is 10.9 Å². The summed E-state index contributed by atoms with van der Waals surface area (Å²) in [7, 11) is 0. The maximum atomic E-state index is 12.0. The van der Waals surface area contributed by atoms with Crippen molar-refractivity contribution in [3.8, 4) is 5.75 Å². The molecule has 0 atom stereocenters. The number of hydrogen-bond acceptors (Lipinski definition) is 4. The van der Waals surface area contributed by atoms with Gasteiger partial charge in [-0.25, -0.2) is 0 Å². The summed E-state index contributed by atoms with van der Waals surface area (Å²) < 4.78 is 6.21. The van der Waals surface area contributed by atoms with Gasteiger partial charge in [0, 0.05) is 22.1 Å². The monoisotopic (exact) mass is 433 g/mol. The van der Waals surface area contributed by atoms with E-state index in [0.29, 0.717) is 23.4 Å². The van der Waals surface area contributed by atoms with Crippen molar-refractivity contribution in [2.75, 3.05) is 11.9 Å². The fourth-order valence-corrected chi connectivity index (χ4v) is 2.33. The zero-order valence-corrected chi connectivity index (χ0v) is 16.3. The number of hydrazine groups is 1. The second-order valence-corrected chi connectivity index (χ2v) is 6.54. The van der Waals surface area contributed by atoms with E-state index in [1.165, 1.54) is 0 Å². The molecule has 142 valence electrons. The maximum absolute atomic E-state index is 12.0. The molecule has 2 aromatic rings. The Bertz CT molecular complexity index is 792. The van der Waals surface area contributed by atoms with E-state index in [9.17, 15) is 14.4 Å². The summed E-state index contributed by atoms with van der Waals surface area (Å²) in [6.07, 6.45) is 1.20. The highest BCUT2D eigenvalue weighted by Gasteiger charge is 2.09. The first-order chi connectivity index (χ1) is 13.0. The number of anilines is 1. The normalized spacial score (nSPS) is 10.0. The minimum absolute atomic E-state index is 0.0762. The molecule has 2 aromatic carbocycles. The van der Waals surface area contributed by atoms with Crippen LogP contribution in [0.25, 0.3) is 0 Å². The molecule has 0 aliphatic carbocycles. The number of ether oxygens (including phenoxy) is 1. The van der Waals surface area contributed by atoms with Gasteiger partial charge >= 0.3 is 0 Å². The van der Waals surface area contributed by atoms with E-state index in [1.54, 1.807) is 48.5 Å². The van der Waals surface area contributed by atoms with Gasteiger partial charge in [0.15, 0.2) is 6.61 Å². The van der Waals surface area contributed by atoms with Gasteiger partial charge in [-0.2, -0.15) is 0 Å². The number of carbonyl (C=O) groups is 3. The van der Waals surface area contributed by atoms with Crippen LogP contribution in [0, 0.1) is 0 Å². The topological polar surface area (TPSA) is 96.5 Å². The number of hydrogen-bond donors (Lipinski definition) is 3. The van der Waals surface area contributed by atoms with Crippen molar-refractivity contribution in [1.29, 1.82) is 0 Å². The molecular formula is C19H20BrN3O4. The van der Waals surface area contributed by atoms with Crippen molar-refractivity contribution in [3.63, 3.8) is 0 Å². The average molecular weight is 434 g/mol. The summed E-state index contributed by atoms with van der Waals surface area (Å²) in [6.45, 7) is 1.69. The van der Waals surface area contributed by atoms with Crippen LogP contribution in [0.4, 0.5) is 5.69 Å². The third-order valence-corrected chi connectivity index (χ3v) is 3.94. The zero-order chi connectivity index (χ0) is 19.6. The largest absolute Gasteiger partial charge is 0.484 e. The van der Waals surface area contributed by atoms with Crippen LogP contribution >= 0.6 is 15.9 Å². The van der Waals surface area contributed by atoms with Crippen LogP contribution in [-0.2, 0) is 9.59 Å². The molecule has 0 spiro atoms. The predicted octanol–water partition coefficient (Wildman–Crippen LogP) is 3.03. The number of halogens is 1. The fourth-order valence-electron chi connectivity index (χ4n) is 2.07. The SMILES string of the molecule is CCCC(=O)Nc1ccc(C(=O)NNC(=O)COc2ccc(Br)cc2)cc1. The van der Waals surface area contributed by atoms with Crippen LogP contribution < -0.4 is 20.9 Å². The van der Waals surface area contributed by atoms with E-state index >= 15 is 0 Å². The number of rotatable bonds is 7. The van der Waals surface area contributed by atoms with Gasteiger partial charge in [0.25, 0.3) is 11.8 Å². The molecule has 0 aliphatic heterocycles. The molecule has 0 heterocycles. The van der Waals surface area contributed by atoms with Crippen LogP contribution in [0.15, 0.2) is 53.0 Å². The smallest absolute Gasteiger partial charge is 0.276 e. The number of amides is 3. The Morgan fingerprint density at radius 3 is 2.22 bits per heavy atom. The number of nitrogens with one attached hydrogen (secondary N) is 3. The summed E-state index contributed by atoms with van der Waals surface area (Å²) >= 11 is 3.31. The molecule has 0 saturated heterocycles. The Hall–Kier alpha value is -2.87. The van der Waals surface area contributed by atoms with Gasteiger partial charge in [0.05, 0.1) is 0 Å². The van der Waals surface area contributed by atoms with Crippen LogP contribution in [0.5, 0.6) is 5.75 Å². The molecule has 0 fully saturated rings. The summed E-state index contributed by atoms with van der Waals surface area (Å²) in [4.78, 5) is 35.3. The Morgan fingerprint density at radius 2 is 1.59 bits per heavy atom. The molecular weight excluding hydrogens is 414 g/mol. The van der Waals surface area contributed by atoms with Crippen LogP contribution in [0.3, 0.4) is 0 Å². The average Bonchev–Trinajstić information content (AvgIpc) is 2.66. The summed E-state index contributed by atoms with van der Waals surface area (Å²) in [5.74, 6) is -0.499. The summed E-state index contributed by atoms with van der Waals surface area (Å²) in [6, 6.07) is 13.4. The lowest BCUT2D eigenvalue weighted by Gasteiger charge is -2.09. The number of benzene rings is 2. The molecule has 27 heavy (non-hydrogen) atoms. The van der Waals surface area contributed by atoms with E-state index in [-0.39, 0.29) is 12.5 Å². The Balaban J connectivity index is 1.76. The van der Waals surface area contributed by atoms with E-state index < -0.39 is 11.8 Å². The molecule has 2 rings (SSSR count). The van der Waals surface area contributed by atoms with E-state index in [4.69, 9.17) is 4.74 Å². The van der Waals surface area contributed by atoms with Crippen molar-refractivity contribution in [2.45, 2.75) is 19.8 Å². The summed E-state index contributed by atoms with van der Waals surface area (Å²) in [5.41, 5.74) is 5.55. The van der Waals surface area contributed by atoms with Crippen molar-refractivity contribution < 1.29 is 19.1 Å². The van der Waals surface area contributed by atoms with Gasteiger partial charge in [-0.05, 0) is 55.0 Å². The number of carbonyl (C=O) groups excluding carboxylic acids is 3. The lowest BCUT2D eigenvalue weighted by atomic mass is 10.2. The lowest BCUT2D eigenvalue weighted by molar-refractivity contribution is -0.123. The van der Waals surface area contributed by atoms with E-state index in [1.807, 2.05) is 6.92 Å². The molecule has 8 heteroatoms. The maximum Gasteiger partial charge on any atom is 0.276 e. The molecule has 7 nitrogen and oxygen atoms in total. The lowest BCUT2D eigenvalue weighted by Crippen LogP contribution is -2.43. The second-order valence-electron chi connectivity index (χ2n) is 5.62. The molecule has 0 unspecified atom stereocenters. The highest BCUT2D eigenvalue weighted by molar-refractivity contribution is 9.10. The molecule has 3 amide bonds. The standard InChI is InChI=1S/C19H20BrN3O4/c1-2-3-17(24)21-15-8-4-13(5-9-15)19(26)23-22-18(25)12-27-16-10-6-14(20)7-11-16/h4-11H,2-3,12H2,1H3,(H,21,24)(H,22,25)(H,23,26). The highest BCUT2D eigenvalue weighted by Crippen LogP contribution is 2.15. The van der Waals surface area contributed by atoms with E-state index in [0.717, 1.165) is 10.9 Å². The predicted molar refractivity (Wildman–Crippen MR) is 105 cm³/mol. The first-order valence-corrected chi connectivity index (χ1v) is 9.14.